The van der Waals surface area contributed by atoms with E-state index in [9.17, 15) is 0 Å². The second-order valence-corrected chi connectivity index (χ2v) is 19.7. The molecule has 3 heteroatoms. The van der Waals surface area contributed by atoms with Gasteiger partial charge in [-0.05, 0) is 0 Å². The monoisotopic (exact) mass is 501 g/mol. The first kappa shape index (κ1) is 15.9. The summed E-state index contributed by atoms with van der Waals surface area (Å²) in [6.07, 6.45) is 13.3. The van der Waals surface area contributed by atoms with Gasteiger partial charge in [0.25, 0.3) is 0 Å². The number of hydrogen-bond donors (Lipinski definition) is 0. The summed E-state index contributed by atoms with van der Waals surface area (Å²) in [7, 11) is 13.2. The van der Waals surface area contributed by atoms with Gasteiger partial charge in [-0.1, -0.05) is 0 Å². The van der Waals surface area contributed by atoms with Gasteiger partial charge in [0.1, 0.15) is 0 Å². The normalized spacial score (nSPS) is 36.8. The third-order valence-corrected chi connectivity index (χ3v) is 14.4. The summed E-state index contributed by atoms with van der Waals surface area (Å²) in [5.41, 5.74) is 8.27. The number of rotatable bonds is 2. The van der Waals surface area contributed by atoms with E-state index >= 15 is 0 Å². The molecule has 0 radical (unpaired) electrons. The second kappa shape index (κ2) is 6.05. The molecule has 117 valence electrons. The van der Waals surface area contributed by atoms with Crippen LogP contribution in [0, 0.1) is 17.8 Å². The summed E-state index contributed by atoms with van der Waals surface area (Å²) in [6, 6.07) is 0. The minimum absolute atomic E-state index is 0.494. The van der Waals surface area contributed by atoms with E-state index in [4.69, 9.17) is 17.2 Å². The van der Waals surface area contributed by atoms with Crippen molar-refractivity contribution in [2.75, 3.05) is 0 Å². The van der Waals surface area contributed by atoms with Crippen molar-refractivity contribution in [2.45, 2.75) is 49.6 Å². The maximum absolute atomic E-state index is 6.59. The third kappa shape index (κ3) is 2.33. The van der Waals surface area contributed by atoms with Crippen LogP contribution in [-0.2, 0) is 19.1 Å². The van der Waals surface area contributed by atoms with Gasteiger partial charge >= 0.3 is 150 Å². The second-order valence-electron chi connectivity index (χ2n) is 7.33. The third-order valence-electron chi connectivity index (χ3n) is 6.49. The molecule has 0 saturated heterocycles. The SMILES string of the molecule is CC1=C2CCC3C(C)C2=C(CCC3C2=CC=CC2)[CH]1[Hf]([Cl])[Cl]. The molecule has 4 atom stereocenters. The molecular formula is C19H23Cl2Hf. The van der Waals surface area contributed by atoms with Gasteiger partial charge in [0.15, 0.2) is 0 Å². The van der Waals surface area contributed by atoms with Crippen molar-refractivity contribution >= 4 is 17.2 Å². The molecule has 1 saturated carbocycles. The van der Waals surface area contributed by atoms with Crippen molar-refractivity contribution in [3.8, 4) is 0 Å². The molecule has 4 aliphatic rings. The first-order valence-electron chi connectivity index (χ1n) is 8.56. The van der Waals surface area contributed by atoms with Gasteiger partial charge in [-0.15, -0.1) is 0 Å². The van der Waals surface area contributed by atoms with Crippen molar-refractivity contribution < 1.29 is 19.1 Å². The zero-order chi connectivity index (χ0) is 15.4. The van der Waals surface area contributed by atoms with Crippen molar-refractivity contribution in [3.05, 3.63) is 46.1 Å². The fraction of sp³-hybridized carbons (Fsp3) is 0.579. The number of allylic oxidation sites excluding steroid dienone is 8. The van der Waals surface area contributed by atoms with Gasteiger partial charge in [0, 0.05) is 0 Å². The van der Waals surface area contributed by atoms with Crippen molar-refractivity contribution in [3.63, 3.8) is 0 Å². The molecule has 0 nitrogen and oxygen atoms in total. The van der Waals surface area contributed by atoms with Gasteiger partial charge in [-0.25, -0.2) is 0 Å². The predicted octanol–water partition coefficient (Wildman–Crippen LogP) is 6.67. The summed E-state index contributed by atoms with van der Waals surface area (Å²) >= 11 is -2.45. The van der Waals surface area contributed by atoms with Crippen LogP contribution in [0.3, 0.4) is 0 Å². The summed E-state index contributed by atoms with van der Waals surface area (Å²) in [5.74, 6) is 2.30. The Morgan fingerprint density at radius 2 is 2.00 bits per heavy atom. The molecule has 0 aromatic carbocycles. The van der Waals surface area contributed by atoms with E-state index in [0.29, 0.717) is 9.59 Å². The van der Waals surface area contributed by atoms with Crippen molar-refractivity contribution in [2.24, 2.45) is 17.8 Å². The average molecular weight is 501 g/mol. The Morgan fingerprint density at radius 1 is 1.18 bits per heavy atom. The van der Waals surface area contributed by atoms with Crippen LogP contribution in [0.1, 0.15) is 46.0 Å². The predicted molar refractivity (Wildman–Crippen MR) is 91.6 cm³/mol. The Balaban J connectivity index is 1.74. The van der Waals surface area contributed by atoms with Gasteiger partial charge in [-0.3, -0.25) is 0 Å². The summed E-state index contributed by atoms with van der Waals surface area (Å²) in [4.78, 5) is 0. The topological polar surface area (TPSA) is 0 Å². The standard InChI is InChI=1S/C19H23.2ClH.Hf/c1-12-11-15-7-8-18(14-5-3-4-6-14)17-10-9-16(12)19(15)13(17)2;;;/h3-5,11,13,17-18H,6-10H2,1-2H3;2*1H;/q;;;+2/p-2. The summed E-state index contributed by atoms with van der Waals surface area (Å²) < 4.78 is 0.494. The zero-order valence-corrected chi connectivity index (χ0v) is 18.4. The summed E-state index contributed by atoms with van der Waals surface area (Å²) in [5, 5.41) is 0. The van der Waals surface area contributed by atoms with Crippen LogP contribution in [0.25, 0.3) is 0 Å². The van der Waals surface area contributed by atoms with Gasteiger partial charge in [0.05, 0.1) is 0 Å². The van der Waals surface area contributed by atoms with E-state index in [1.807, 2.05) is 0 Å². The van der Waals surface area contributed by atoms with E-state index in [0.717, 1.165) is 11.8 Å². The fourth-order valence-electron chi connectivity index (χ4n) is 5.52. The Kier molecular flexibility index (Phi) is 4.37. The Labute approximate surface area is 149 Å². The van der Waals surface area contributed by atoms with Crippen LogP contribution >= 0.6 is 17.2 Å². The Morgan fingerprint density at radius 3 is 2.68 bits per heavy atom. The molecule has 4 rings (SSSR count). The zero-order valence-electron chi connectivity index (χ0n) is 13.3. The molecule has 4 unspecified atom stereocenters. The number of fused-ring (bicyclic) bond motifs is 1. The first-order chi connectivity index (χ1) is 10.6. The van der Waals surface area contributed by atoms with Crippen molar-refractivity contribution in [1.29, 1.82) is 0 Å². The minimum atomic E-state index is -2.45. The van der Waals surface area contributed by atoms with Crippen LogP contribution in [0.15, 0.2) is 46.1 Å². The van der Waals surface area contributed by atoms with Crippen LogP contribution in [-0.4, -0.2) is 0 Å². The molecule has 0 aromatic rings. The molecule has 0 heterocycles. The molecule has 0 amide bonds. The van der Waals surface area contributed by atoms with Gasteiger partial charge in [-0.2, -0.15) is 0 Å². The number of hydrogen-bond acceptors (Lipinski definition) is 0. The van der Waals surface area contributed by atoms with Gasteiger partial charge < -0.3 is 0 Å². The average Bonchev–Trinajstić information content (AvgIpc) is 3.07. The maximum atomic E-state index is 6.59. The van der Waals surface area contributed by atoms with E-state index in [2.05, 4.69) is 32.1 Å². The fourth-order valence-corrected chi connectivity index (χ4v) is 14.2. The van der Waals surface area contributed by atoms with Gasteiger partial charge in [0.2, 0.25) is 0 Å². The van der Waals surface area contributed by atoms with Crippen LogP contribution < -0.4 is 0 Å². The molecule has 2 bridgehead atoms. The van der Waals surface area contributed by atoms with E-state index < -0.39 is 19.1 Å². The molecule has 22 heavy (non-hydrogen) atoms. The van der Waals surface area contributed by atoms with E-state index in [-0.39, 0.29) is 0 Å². The molecular weight excluding hydrogens is 478 g/mol. The van der Waals surface area contributed by atoms with Crippen LogP contribution in [0.4, 0.5) is 0 Å². The van der Waals surface area contributed by atoms with Crippen molar-refractivity contribution in [1.82, 2.24) is 0 Å². The molecule has 0 aromatic heterocycles. The van der Waals surface area contributed by atoms with E-state index in [1.54, 1.807) is 27.9 Å². The van der Waals surface area contributed by atoms with E-state index in [1.165, 1.54) is 32.1 Å². The molecule has 1 fully saturated rings. The van der Waals surface area contributed by atoms with Crippen LogP contribution in [0.2, 0.25) is 3.67 Å². The molecule has 0 N–H and O–H groups in total. The molecule has 0 aliphatic heterocycles. The Hall–Kier alpha value is 0.410. The quantitative estimate of drug-likeness (QED) is 0.372. The summed E-state index contributed by atoms with van der Waals surface area (Å²) in [6.45, 7) is 4.79. The Bertz CT molecular complexity index is 623. The molecule has 4 aliphatic carbocycles. The van der Waals surface area contributed by atoms with Crippen LogP contribution in [0.5, 0.6) is 0 Å². The first-order valence-corrected chi connectivity index (χ1v) is 19.5. The number of halogens is 2. The molecule has 0 spiro atoms.